The third-order valence-corrected chi connectivity index (χ3v) is 12.5. The number of fused-ring (bicyclic) bond motifs is 7. The fourth-order valence-electron chi connectivity index (χ4n) is 9.63. The second kappa shape index (κ2) is 15.3. The van der Waals surface area contributed by atoms with Crippen LogP contribution in [0.15, 0.2) is 224 Å². The summed E-state index contributed by atoms with van der Waals surface area (Å²) in [6.45, 7) is 4.77. The lowest BCUT2D eigenvalue weighted by Gasteiger charge is -2.26. The van der Waals surface area contributed by atoms with E-state index in [0.29, 0.717) is 0 Å². The van der Waals surface area contributed by atoms with Crippen LogP contribution in [0.25, 0.3) is 50.8 Å². The van der Waals surface area contributed by atoms with E-state index >= 15 is 0 Å². The number of anilines is 6. The standard InChI is InChI=1S/C59H45N3/c1-59(2)55-26-16-15-25-51(55)52-38-39-53-54-41-43(28-27-42-29-32-48(33-30-42)60(44-17-7-3-8-18-44)45-19-9-4-10-20-45)31-40-56(54)62(58(53)57(52)59)50-36-34-49(35-37-50)61(46-21-11-5-12-22-46)47-23-13-6-14-24-47/h3-41H,1-2H3. The molecule has 9 aromatic carbocycles. The van der Waals surface area contributed by atoms with Crippen LogP contribution < -0.4 is 9.80 Å². The van der Waals surface area contributed by atoms with Crippen LogP contribution in [0.1, 0.15) is 36.1 Å². The first-order valence-corrected chi connectivity index (χ1v) is 21.4. The topological polar surface area (TPSA) is 11.4 Å². The summed E-state index contributed by atoms with van der Waals surface area (Å²) in [6, 6.07) is 80.8. The number of nitrogens with zero attached hydrogens (tertiary/aromatic N) is 3. The van der Waals surface area contributed by atoms with Gasteiger partial charge in [0.25, 0.3) is 0 Å². The Kier molecular flexibility index (Phi) is 9.17. The van der Waals surface area contributed by atoms with E-state index in [1.54, 1.807) is 0 Å². The Labute approximate surface area is 363 Å². The molecular formula is C59H45N3. The van der Waals surface area contributed by atoms with E-state index in [-0.39, 0.29) is 5.41 Å². The van der Waals surface area contributed by atoms with Crippen molar-refractivity contribution < 1.29 is 0 Å². The third-order valence-electron chi connectivity index (χ3n) is 12.5. The maximum absolute atomic E-state index is 2.51. The predicted molar refractivity (Wildman–Crippen MR) is 263 cm³/mol. The van der Waals surface area contributed by atoms with E-state index in [2.05, 4.69) is 265 Å². The summed E-state index contributed by atoms with van der Waals surface area (Å²) in [5.74, 6) is 0. The lowest BCUT2D eigenvalue weighted by molar-refractivity contribution is 0.664. The van der Waals surface area contributed by atoms with Gasteiger partial charge in [0.1, 0.15) is 0 Å². The van der Waals surface area contributed by atoms with E-state index in [9.17, 15) is 0 Å². The molecule has 62 heavy (non-hydrogen) atoms. The molecule has 0 fully saturated rings. The molecule has 0 atom stereocenters. The minimum atomic E-state index is -0.180. The Morgan fingerprint density at radius 1 is 0.387 bits per heavy atom. The van der Waals surface area contributed by atoms with Crippen LogP contribution in [0.3, 0.4) is 0 Å². The van der Waals surface area contributed by atoms with Gasteiger partial charge in [-0.3, -0.25) is 0 Å². The van der Waals surface area contributed by atoms with Gasteiger partial charge in [0.05, 0.1) is 11.0 Å². The van der Waals surface area contributed by atoms with Crippen LogP contribution in [0.5, 0.6) is 0 Å². The highest BCUT2D eigenvalue weighted by Crippen LogP contribution is 2.53. The molecule has 0 aliphatic heterocycles. The van der Waals surface area contributed by atoms with Gasteiger partial charge in [-0.2, -0.15) is 0 Å². The molecule has 0 saturated carbocycles. The maximum Gasteiger partial charge on any atom is 0.0588 e. The first-order chi connectivity index (χ1) is 30.5. The van der Waals surface area contributed by atoms with E-state index in [1.807, 2.05) is 0 Å². The van der Waals surface area contributed by atoms with Crippen LogP contribution in [0, 0.1) is 0 Å². The van der Waals surface area contributed by atoms with Crippen molar-refractivity contribution in [1.82, 2.24) is 4.57 Å². The summed E-state index contributed by atoms with van der Waals surface area (Å²) in [5, 5.41) is 2.51. The molecule has 3 heteroatoms. The molecule has 0 N–H and O–H groups in total. The van der Waals surface area contributed by atoms with Crippen molar-refractivity contribution in [2.45, 2.75) is 19.3 Å². The molecule has 0 bridgehead atoms. The van der Waals surface area contributed by atoms with Crippen LogP contribution in [-0.4, -0.2) is 4.57 Å². The quantitative estimate of drug-likeness (QED) is 0.135. The Morgan fingerprint density at radius 3 is 1.39 bits per heavy atom. The van der Waals surface area contributed by atoms with Gasteiger partial charge in [-0.05, 0) is 130 Å². The normalized spacial score (nSPS) is 12.7. The van der Waals surface area contributed by atoms with E-state index in [0.717, 1.165) is 50.9 Å². The van der Waals surface area contributed by atoms with Gasteiger partial charge >= 0.3 is 0 Å². The van der Waals surface area contributed by atoms with E-state index in [1.165, 1.54) is 44.1 Å². The second-order valence-corrected chi connectivity index (χ2v) is 16.6. The van der Waals surface area contributed by atoms with Crippen LogP contribution in [0.2, 0.25) is 0 Å². The van der Waals surface area contributed by atoms with Crippen molar-refractivity contribution in [3.8, 4) is 16.8 Å². The molecule has 0 radical (unpaired) electrons. The highest BCUT2D eigenvalue weighted by molar-refractivity contribution is 6.13. The molecule has 3 nitrogen and oxygen atoms in total. The lowest BCUT2D eigenvalue weighted by Crippen LogP contribution is -2.16. The van der Waals surface area contributed by atoms with Crippen LogP contribution in [-0.2, 0) is 5.41 Å². The smallest absolute Gasteiger partial charge is 0.0588 e. The number of para-hydroxylation sites is 4. The minimum Gasteiger partial charge on any atom is -0.311 e. The fraction of sp³-hybridized carbons (Fsp3) is 0.0508. The number of benzene rings is 9. The van der Waals surface area contributed by atoms with Crippen molar-refractivity contribution in [1.29, 1.82) is 0 Å². The van der Waals surface area contributed by atoms with Crippen LogP contribution in [0.4, 0.5) is 34.1 Å². The zero-order valence-electron chi connectivity index (χ0n) is 34.9. The van der Waals surface area contributed by atoms with Crippen LogP contribution >= 0.6 is 0 Å². The van der Waals surface area contributed by atoms with Gasteiger partial charge in [-0.25, -0.2) is 0 Å². The Balaban J connectivity index is 1.01. The fourth-order valence-corrected chi connectivity index (χ4v) is 9.63. The SMILES string of the molecule is CC1(C)c2ccccc2-c2ccc3c4cc(C=Cc5ccc(N(c6ccccc6)c6ccccc6)cc5)ccc4n(-c4ccc(N(c5ccccc5)c5ccccc5)cc4)c3c21. The molecule has 1 aromatic heterocycles. The molecule has 11 rings (SSSR count). The van der Waals surface area contributed by atoms with Crippen molar-refractivity contribution in [3.63, 3.8) is 0 Å². The summed E-state index contributed by atoms with van der Waals surface area (Å²) in [4.78, 5) is 4.62. The monoisotopic (exact) mass is 795 g/mol. The Hall–Kier alpha value is -7.88. The predicted octanol–water partition coefficient (Wildman–Crippen LogP) is 16.2. The molecule has 0 unspecified atom stereocenters. The van der Waals surface area contributed by atoms with Crippen molar-refractivity contribution in [2.24, 2.45) is 0 Å². The largest absolute Gasteiger partial charge is 0.311 e. The summed E-state index contributed by atoms with van der Waals surface area (Å²) < 4.78 is 2.51. The number of rotatable bonds is 9. The van der Waals surface area contributed by atoms with E-state index in [4.69, 9.17) is 0 Å². The molecule has 10 aromatic rings. The average molecular weight is 796 g/mol. The second-order valence-electron chi connectivity index (χ2n) is 16.6. The first-order valence-electron chi connectivity index (χ1n) is 21.4. The zero-order valence-corrected chi connectivity index (χ0v) is 34.9. The number of aromatic nitrogens is 1. The Morgan fingerprint density at radius 2 is 0.839 bits per heavy atom. The summed E-state index contributed by atoms with van der Waals surface area (Å²) in [7, 11) is 0. The van der Waals surface area contributed by atoms with Crippen molar-refractivity contribution in [2.75, 3.05) is 9.80 Å². The van der Waals surface area contributed by atoms with Gasteiger partial charge in [0.15, 0.2) is 0 Å². The van der Waals surface area contributed by atoms with Gasteiger partial charge in [-0.1, -0.05) is 153 Å². The summed E-state index contributed by atoms with van der Waals surface area (Å²) in [6.07, 6.45) is 4.47. The van der Waals surface area contributed by atoms with Crippen molar-refractivity contribution >= 4 is 68.1 Å². The first kappa shape index (κ1) is 37.1. The molecule has 1 heterocycles. The molecule has 296 valence electrons. The highest BCUT2D eigenvalue weighted by atomic mass is 15.1. The van der Waals surface area contributed by atoms with Gasteiger partial charge in [-0.15, -0.1) is 0 Å². The molecule has 1 aliphatic rings. The Bertz CT molecular complexity index is 3140. The summed E-state index contributed by atoms with van der Waals surface area (Å²) >= 11 is 0. The van der Waals surface area contributed by atoms with Gasteiger partial charge in [0.2, 0.25) is 0 Å². The number of hydrogen-bond acceptors (Lipinski definition) is 2. The maximum atomic E-state index is 2.51. The highest BCUT2D eigenvalue weighted by Gasteiger charge is 2.38. The molecular weight excluding hydrogens is 751 g/mol. The molecule has 0 spiro atoms. The zero-order chi connectivity index (χ0) is 41.6. The minimum absolute atomic E-state index is 0.180. The molecule has 1 aliphatic carbocycles. The molecule has 0 amide bonds. The van der Waals surface area contributed by atoms with Gasteiger partial charge < -0.3 is 14.4 Å². The molecule has 0 saturated heterocycles. The van der Waals surface area contributed by atoms with E-state index < -0.39 is 0 Å². The number of hydrogen-bond donors (Lipinski definition) is 0. The third kappa shape index (κ3) is 6.38. The summed E-state index contributed by atoms with van der Waals surface area (Å²) in [5.41, 5.74) is 17.9. The average Bonchev–Trinajstić information content (AvgIpc) is 3.78. The lowest BCUT2D eigenvalue weighted by atomic mass is 9.81. The van der Waals surface area contributed by atoms with Gasteiger partial charge in [0, 0.05) is 56.0 Å². The van der Waals surface area contributed by atoms with Crippen molar-refractivity contribution in [3.05, 3.63) is 247 Å².